The number of benzene rings is 2. The van der Waals surface area contributed by atoms with Crippen molar-refractivity contribution < 1.29 is 19.4 Å². The molecule has 0 saturated heterocycles. The van der Waals surface area contributed by atoms with Crippen LogP contribution in [0.5, 0.6) is 0 Å². The second-order valence-electron chi connectivity index (χ2n) is 4.36. The summed E-state index contributed by atoms with van der Waals surface area (Å²) in [6.07, 6.45) is 2.63. The smallest absolute Gasteiger partial charge is 0.337 e. The predicted molar refractivity (Wildman–Crippen MR) is 79.9 cm³/mol. The number of rotatable bonds is 4. The number of carboxylic acid groups (broad SMARTS) is 1. The fraction of sp³-hybridized carbons (Fsp3) is 0.0588. The van der Waals surface area contributed by atoms with Crippen LogP contribution in [0.4, 0.5) is 0 Å². The zero-order chi connectivity index (χ0) is 15.2. The van der Waals surface area contributed by atoms with Gasteiger partial charge in [0, 0.05) is 6.08 Å². The highest BCUT2D eigenvalue weighted by Crippen LogP contribution is 2.21. The molecule has 106 valence electrons. The SMILES string of the molecule is COC(=O)c1ccc(-c2ccc(/C=C/C(=O)O)cc2)cc1. The molecule has 2 aromatic rings. The molecule has 0 radical (unpaired) electrons. The van der Waals surface area contributed by atoms with Crippen molar-refractivity contribution in [3.63, 3.8) is 0 Å². The highest BCUT2D eigenvalue weighted by Gasteiger charge is 2.05. The van der Waals surface area contributed by atoms with Crippen LogP contribution in [0.1, 0.15) is 15.9 Å². The van der Waals surface area contributed by atoms with Gasteiger partial charge in [-0.1, -0.05) is 36.4 Å². The third-order valence-corrected chi connectivity index (χ3v) is 2.97. The third kappa shape index (κ3) is 3.79. The first kappa shape index (κ1) is 14.5. The van der Waals surface area contributed by atoms with Gasteiger partial charge in [0.2, 0.25) is 0 Å². The van der Waals surface area contributed by atoms with Crippen molar-refractivity contribution in [3.05, 3.63) is 65.7 Å². The lowest BCUT2D eigenvalue weighted by atomic mass is 10.0. The molecule has 0 fully saturated rings. The number of hydrogen-bond donors (Lipinski definition) is 1. The number of esters is 1. The predicted octanol–water partition coefficient (Wildman–Crippen LogP) is 3.24. The first-order valence-corrected chi connectivity index (χ1v) is 6.30. The van der Waals surface area contributed by atoms with Crippen LogP contribution in [-0.4, -0.2) is 24.2 Å². The van der Waals surface area contributed by atoms with E-state index >= 15 is 0 Å². The number of ether oxygens (including phenoxy) is 1. The van der Waals surface area contributed by atoms with E-state index < -0.39 is 5.97 Å². The molecule has 4 heteroatoms. The summed E-state index contributed by atoms with van der Waals surface area (Å²) >= 11 is 0. The number of methoxy groups -OCH3 is 1. The van der Waals surface area contributed by atoms with Crippen molar-refractivity contribution in [3.8, 4) is 11.1 Å². The summed E-state index contributed by atoms with van der Waals surface area (Å²) in [5.41, 5.74) is 3.27. The average molecular weight is 282 g/mol. The van der Waals surface area contributed by atoms with Crippen LogP contribution in [-0.2, 0) is 9.53 Å². The number of hydrogen-bond acceptors (Lipinski definition) is 3. The van der Waals surface area contributed by atoms with Crippen LogP contribution in [0.3, 0.4) is 0 Å². The van der Waals surface area contributed by atoms with E-state index in [4.69, 9.17) is 5.11 Å². The Hall–Kier alpha value is -2.88. The van der Waals surface area contributed by atoms with Crippen LogP contribution < -0.4 is 0 Å². The molecule has 0 aliphatic heterocycles. The summed E-state index contributed by atoms with van der Waals surface area (Å²) in [6, 6.07) is 14.6. The molecule has 0 saturated carbocycles. The number of carboxylic acids is 1. The Morgan fingerprint density at radius 1 is 0.952 bits per heavy atom. The van der Waals surface area contributed by atoms with E-state index in [1.54, 1.807) is 12.1 Å². The lowest BCUT2D eigenvalue weighted by Gasteiger charge is -2.04. The molecule has 0 heterocycles. The fourth-order valence-electron chi connectivity index (χ4n) is 1.87. The van der Waals surface area contributed by atoms with Gasteiger partial charge in [-0.3, -0.25) is 0 Å². The van der Waals surface area contributed by atoms with Crippen molar-refractivity contribution in [1.29, 1.82) is 0 Å². The molecular formula is C17H14O4. The van der Waals surface area contributed by atoms with E-state index in [-0.39, 0.29) is 5.97 Å². The van der Waals surface area contributed by atoms with Gasteiger partial charge in [0.15, 0.2) is 0 Å². The number of aliphatic carboxylic acids is 1. The molecule has 2 aromatic carbocycles. The Kier molecular flexibility index (Phi) is 4.51. The lowest BCUT2D eigenvalue weighted by Crippen LogP contribution is -2.00. The van der Waals surface area contributed by atoms with Crippen molar-refractivity contribution in [2.75, 3.05) is 7.11 Å². The van der Waals surface area contributed by atoms with Crippen molar-refractivity contribution >= 4 is 18.0 Å². The highest BCUT2D eigenvalue weighted by molar-refractivity contribution is 5.90. The van der Waals surface area contributed by atoms with E-state index in [1.807, 2.05) is 36.4 Å². The first-order valence-electron chi connectivity index (χ1n) is 6.30. The van der Waals surface area contributed by atoms with Crippen LogP contribution in [0.2, 0.25) is 0 Å². The standard InChI is InChI=1S/C17H14O4/c1-21-17(20)15-9-7-14(8-10-15)13-5-2-12(3-6-13)4-11-16(18)19/h2-11H,1H3,(H,18,19)/b11-4+. The van der Waals surface area contributed by atoms with Gasteiger partial charge in [-0.25, -0.2) is 9.59 Å². The number of carbonyl (C=O) groups excluding carboxylic acids is 1. The molecule has 4 nitrogen and oxygen atoms in total. The summed E-state index contributed by atoms with van der Waals surface area (Å²) in [6.45, 7) is 0. The molecule has 0 bridgehead atoms. The van der Waals surface area contributed by atoms with Crippen LogP contribution in [0.25, 0.3) is 17.2 Å². The van der Waals surface area contributed by atoms with E-state index in [1.165, 1.54) is 13.2 Å². The topological polar surface area (TPSA) is 63.6 Å². The summed E-state index contributed by atoms with van der Waals surface area (Å²) in [7, 11) is 1.35. The van der Waals surface area contributed by atoms with Gasteiger partial charge in [-0.15, -0.1) is 0 Å². The van der Waals surface area contributed by atoms with Gasteiger partial charge < -0.3 is 9.84 Å². The molecule has 0 aliphatic carbocycles. The zero-order valence-electron chi connectivity index (χ0n) is 11.4. The maximum Gasteiger partial charge on any atom is 0.337 e. The molecule has 0 amide bonds. The minimum Gasteiger partial charge on any atom is -0.478 e. The summed E-state index contributed by atoms with van der Waals surface area (Å²) < 4.78 is 4.65. The van der Waals surface area contributed by atoms with Crippen molar-refractivity contribution in [2.45, 2.75) is 0 Å². The Bertz CT molecular complexity index is 667. The Morgan fingerprint density at radius 2 is 1.48 bits per heavy atom. The Labute approximate surface area is 122 Å². The molecule has 0 atom stereocenters. The van der Waals surface area contributed by atoms with Crippen molar-refractivity contribution in [2.24, 2.45) is 0 Å². The molecule has 0 unspecified atom stereocenters. The molecular weight excluding hydrogens is 268 g/mol. The van der Waals surface area contributed by atoms with Crippen LogP contribution in [0.15, 0.2) is 54.6 Å². The monoisotopic (exact) mass is 282 g/mol. The summed E-state index contributed by atoms with van der Waals surface area (Å²) in [4.78, 5) is 21.8. The van der Waals surface area contributed by atoms with E-state index in [0.717, 1.165) is 22.8 Å². The average Bonchev–Trinajstić information content (AvgIpc) is 2.53. The van der Waals surface area contributed by atoms with Gasteiger partial charge in [0.1, 0.15) is 0 Å². The van der Waals surface area contributed by atoms with Crippen LogP contribution in [0, 0.1) is 0 Å². The highest BCUT2D eigenvalue weighted by atomic mass is 16.5. The first-order chi connectivity index (χ1) is 10.1. The quantitative estimate of drug-likeness (QED) is 0.690. The maximum absolute atomic E-state index is 11.4. The second kappa shape index (κ2) is 6.52. The Balaban J connectivity index is 2.19. The Morgan fingerprint density at radius 3 is 1.95 bits per heavy atom. The third-order valence-electron chi connectivity index (χ3n) is 2.97. The van der Waals surface area contributed by atoms with Crippen LogP contribution >= 0.6 is 0 Å². The molecule has 0 spiro atoms. The van der Waals surface area contributed by atoms with E-state index in [2.05, 4.69) is 4.74 Å². The summed E-state index contributed by atoms with van der Waals surface area (Å²) in [5.74, 6) is -1.34. The van der Waals surface area contributed by atoms with E-state index in [9.17, 15) is 9.59 Å². The zero-order valence-corrected chi connectivity index (χ0v) is 11.4. The van der Waals surface area contributed by atoms with Gasteiger partial charge in [0.05, 0.1) is 12.7 Å². The largest absolute Gasteiger partial charge is 0.478 e. The van der Waals surface area contributed by atoms with E-state index in [0.29, 0.717) is 5.56 Å². The fourth-order valence-corrected chi connectivity index (χ4v) is 1.87. The molecule has 2 rings (SSSR count). The van der Waals surface area contributed by atoms with Gasteiger partial charge in [-0.2, -0.15) is 0 Å². The maximum atomic E-state index is 11.4. The molecule has 21 heavy (non-hydrogen) atoms. The molecule has 0 aliphatic rings. The molecule has 1 N–H and O–H groups in total. The second-order valence-corrected chi connectivity index (χ2v) is 4.36. The molecule has 0 aromatic heterocycles. The van der Waals surface area contributed by atoms with Crippen molar-refractivity contribution in [1.82, 2.24) is 0 Å². The van der Waals surface area contributed by atoms with Gasteiger partial charge >= 0.3 is 11.9 Å². The summed E-state index contributed by atoms with van der Waals surface area (Å²) in [5, 5.41) is 8.57. The minimum absolute atomic E-state index is 0.365. The lowest BCUT2D eigenvalue weighted by molar-refractivity contribution is -0.131. The van der Waals surface area contributed by atoms with Gasteiger partial charge in [-0.05, 0) is 34.9 Å². The van der Waals surface area contributed by atoms with Gasteiger partial charge in [0.25, 0.3) is 0 Å². The minimum atomic E-state index is -0.975. The number of carbonyl (C=O) groups is 2. The normalized spacial score (nSPS) is 10.5.